The van der Waals surface area contributed by atoms with Crippen LogP contribution in [0.4, 0.5) is 5.69 Å². The van der Waals surface area contributed by atoms with Crippen molar-refractivity contribution in [1.82, 2.24) is 10.6 Å². The molecule has 0 radical (unpaired) electrons. The van der Waals surface area contributed by atoms with Gasteiger partial charge in [-0.1, -0.05) is 36.4 Å². The SMILES string of the molecule is CN=C(NCC1C2Cc3ccccc3C12)NC(C)c1cccc(N2CCCC2)c1. The molecule has 152 valence electrons. The van der Waals surface area contributed by atoms with E-state index < -0.39 is 0 Å². The lowest BCUT2D eigenvalue weighted by atomic mass is 10.0. The van der Waals surface area contributed by atoms with Crippen LogP contribution in [0.15, 0.2) is 53.5 Å². The summed E-state index contributed by atoms with van der Waals surface area (Å²) in [5.74, 6) is 3.23. The second-order valence-corrected chi connectivity index (χ2v) is 8.86. The Labute approximate surface area is 174 Å². The van der Waals surface area contributed by atoms with Crippen molar-refractivity contribution in [1.29, 1.82) is 0 Å². The number of aliphatic imine (C=N–C) groups is 1. The Morgan fingerprint density at radius 1 is 1.14 bits per heavy atom. The largest absolute Gasteiger partial charge is 0.372 e. The number of hydrogen-bond acceptors (Lipinski definition) is 2. The van der Waals surface area contributed by atoms with Crippen LogP contribution < -0.4 is 15.5 Å². The van der Waals surface area contributed by atoms with Crippen LogP contribution in [-0.2, 0) is 6.42 Å². The average Bonchev–Trinajstić information content (AvgIpc) is 3.13. The Morgan fingerprint density at radius 2 is 1.97 bits per heavy atom. The summed E-state index contributed by atoms with van der Waals surface area (Å²) in [6.07, 6.45) is 3.86. The molecule has 5 rings (SSSR count). The van der Waals surface area contributed by atoms with Crippen molar-refractivity contribution in [3.63, 3.8) is 0 Å². The maximum atomic E-state index is 4.48. The minimum absolute atomic E-state index is 0.225. The van der Waals surface area contributed by atoms with Crippen LogP contribution in [0.25, 0.3) is 0 Å². The zero-order chi connectivity index (χ0) is 19.8. The lowest BCUT2D eigenvalue weighted by Gasteiger charge is -2.22. The smallest absolute Gasteiger partial charge is 0.191 e. The van der Waals surface area contributed by atoms with E-state index >= 15 is 0 Å². The number of benzene rings is 2. The summed E-state index contributed by atoms with van der Waals surface area (Å²) < 4.78 is 0. The van der Waals surface area contributed by atoms with Crippen LogP contribution in [0, 0.1) is 11.8 Å². The minimum atomic E-state index is 0.225. The van der Waals surface area contributed by atoms with Crippen LogP contribution >= 0.6 is 0 Å². The second-order valence-electron chi connectivity index (χ2n) is 8.86. The van der Waals surface area contributed by atoms with Gasteiger partial charge in [0.25, 0.3) is 0 Å². The molecule has 1 aliphatic heterocycles. The third kappa shape index (κ3) is 3.61. The van der Waals surface area contributed by atoms with Gasteiger partial charge in [0.05, 0.1) is 6.04 Å². The van der Waals surface area contributed by atoms with Crippen molar-refractivity contribution in [2.24, 2.45) is 16.8 Å². The van der Waals surface area contributed by atoms with E-state index in [1.807, 2.05) is 7.05 Å². The summed E-state index contributed by atoms with van der Waals surface area (Å²) in [7, 11) is 1.87. The fourth-order valence-corrected chi connectivity index (χ4v) is 5.43. The van der Waals surface area contributed by atoms with Crippen molar-refractivity contribution in [2.75, 3.05) is 31.6 Å². The zero-order valence-corrected chi connectivity index (χ0v) is 17.6. The van der Waals surface area contributed by atoms with E-state index in [2.05, 4.69) is 76.0 Å². The molecule has 1 saturated heterocycles. The summed E-state index contributed by atoms with van der Waals surface area (Å²) in [4.78, 5) is 6.97. The molecule has 3 aliphatic rings. The maximum absolute atomic E-state index is 4.48. The van der Waals surface area contributed by atoms with Gasteiger partial charge in [0, 0.05) is 32.4 Å². The molecule has 0 spiro atoms. The Kier molecular flexibility index (Phi) is 4.94. The highest BCUT2D eigenvalue weighted by Crippen LogP contribution is 2.60. The fourth-order valence-electron chi connectivity index (χ4n) is 5.43. The molecule has 4 unspecified atom stereocenters. The lowest BCUT2D eigenvalue weighted by Crippen LogP contribution is -2.40. The summed E-state index contributed by atoms with van der Waals surface area (Å²) in [5.41, 5.74) is 5.81. The predicted molar refractivity (Wildman–Crippen MR) is 121 cm³/mol. The molecule has 4 nitrogen and oxygen atoms in total. The average molecular weight is 389 g/mol. The summed E-state index contributed by atoms with van der Waals surface area (Å²) in [5, 5.41) is 7.18. The first-order chi connectivity index (χ1) is 14.2. The van der Waals surface area contributed by atoms with Gasteiger partial charge in [-0.3, -0.25) is 4.99 Å². The van der Waals surface area contributed by atoms with Crippen LogP contribution in [0.1, 0.15) is 48.4 Å². The van der Waals surface area contributed by atoms with Gasteiger partial charge in [-0.05, 0) is 72.8 Å². The van der Waals surface area contributed by atoms with Gasteiger partial charge in [-0.25, -0.2) is 0 Å². The zero-order valence-electron chi connectivity index (χ0n) is 17.6. The third-order valence-corrected chi connectivity index (χ3v) is 7.12. The molecule has 2 fully saturated rings. The van der Waals surface area contributed by atoms with E-state index in [0.29, 0.717) is 0 Å². The van der Waals surface area contributed by atoms with Gasteiger partial charge in [-0.15, -0.1) is 0 Å². The molecule has 2 N–H and O–H groups in total. The quantitative estimate of drug-likeness (QED) is 0.598. The number of hydrogen-bond donors (Lipinski definition) is 2. The summed E-state index contributed by atoms with van der Waals surface area (Å²) >= 11 is 0. The van der Waals surface area contributed by atoms with Crippen molar-refractivity contribution in [3.8, 4) is 0 Å². The van der Waals surface area contributed by atoms with E-state index in [1.165, 1.54) is 43.6 Å². The molecule has 4 heteroatoms. The first-order valence-electron chi connectivity index (χ1n) is 11.1. The normalized spacial score (nSPS) is 26.1. The second kappa shape index (κ2) is 7.74. The molecule has 2 aromatic carbocycles. The topological polar surface area (TPSA) is 39.7 Å². The molecule has 1 saturated carbocycles. The molecule has 0 bridgehead atoms. The third-order valence-electron chi connectivity index (χ3n) is 7.12. The van der Waals surface area contributed by atoms with Crippen LogP contribution in [-0.4, -0.2) is 32.6 Å². The monoisotopic (exact) mass is 388 g/mol. The number of guanidine groups is 1. The lowest BCUT2D eigenvalue weighted by molar-refractivity contribution is 0.634. The van der Waals surface area contributed by atoms with E-state index in [-0.39, 0.29) is 6.04 Å². The molecule has 0 aromatic heterocycles. The molecule has 29 heavy (non-hydrogen) atoms. The van der Waals surface area contributed by atoms with Crippen LogP contribution in [0.5, 0.6) is 0 Å². The molecule has 0 amide bonds. The van der Waals surface area contributed by atoms with Gasteiger partial charge in [0.15, 0.2) is 5.96 Å². The van der Waals surface area contributed by atoms with E-state index in [4.69, 9.17) is 0 Å². The minimum Gasteiger partial charge on any atom is -0.372 e. The maximum Gasteiger partial charge on any atom is 0.191 e. The van der Waals surface area contributed by atoms with E-state index in [0.717, 1.165) is 30.3 Å². The van der Waals surface area contributed by atoms with Crippen molar-refractivity contribution in [3.05, 3.63) is 65.2 Å². The highest BCUT2D eigenvalue weighted by Gasteiger charge is 2.54. The number of anilines is 1. The molecular formula is C25H32N4. The molecule has 2 aliphatic carbocycles. The highest BCUT2D eigenvalue weighted by atomic mass is 15.2. The van der Waals surface area contributed by atoms with E-state index in [9.17, 15) is 0 Å². The van der Waals surface area contributed by atoms with Crippen molar-refractivity contribution < 1.29 is 0 Å². The Hall–Kier alpha value is -2.49. The standard InChI is InChI=1S/C25H32N4/c1-17(18-9-7-10-20(14-18)29-12-5-6-13-29)28-25(26-2)27-16-23-22-15-19-8-3-4-11-21(19)24(22)23/h3-4,7-11,14,17,22-24H,5-6,12-13,15-16H2,1-2H3,(H2,26,27,28). The molecule has 4 atom stereocenters. The van der Waals surface area contributed by atoms with Gasteiger partial charge >= 0.3 is 0 Å². The number of nitrogens with one attached hydrogen (secondary N) is 2. The number of nitrogens with zero attached hydrogens (tertiary/aromatic N) is 2. The molecule has 1 heterocycles. The number of fused-ring (bicyclic) bond motifs is 3. The van der Waals surface area contributed by atoms with E-state index in [1.54, 1.807) is 11.1 Å². The number of rotatable bonds is 5. The first kappa shape index (κ1) is 18.5. The highest BCUT2D eigenvalue weighted by molar-refractivity contribution is 5.80. The Balaban J connectivity index is 1.17. The Morgan fingerprint density at radius 3 is 2.79 bits per heavy atom. The van der Waals surface area contributed by atoms with Gasteiger partial charge in [-0.2, -0.15) is 0 Å². The van der Waals surface area contributed by atoms with Crippen LogP contribution in [0.2, 0.25) is 0 Å². The first-order valence-corrected chi connectivity index (χ1v) is 11.1. The van der Waals surface area contributed by atoms with Crippen molar-refractivity contribution >= 4 is 11.6 Å². The van der Waals surface area contributed by atoms with Crippen LogP contribution in [0.3, 0.4) is 0 Å². The van der Waals surface area contributed by atoms with Gasteiger partial charge in [0.2, 0.25) is 0 Å². The predicted octanol–water partition coefficient (Wildman–Crippen LogP) is 4.10. The summed E-state index contributed by atoms with van der Waals surface area (Å²) in [6.45, 7) is 5.59. The van der Waals surface area contributed by atoms with Crippen molar-refractivity contribution in [2.45, 2.75) is 38.1 Å². The molecular weight excluding hydrogens is 356 g/mol. The summed E-state index contributed by atoms with van der Waals surface area (Å²) in [6, 6.07) is 18.2. The fraction of sp³-hybridized carbons (Fsp3) is 0.480. The Bertz CT molecular complexity index is 899. The van der Waals surface area contributed by atoms with Gasteiger partial charge in [0.1, 0.15) is 0 Å². The molecule has 2 aromatic rings. The van der Waals surface area contributed by atoms with Gasteiger partial charge < -0.3 is 15.5 Å².